The van der Waals surface area contributed by atoms with E-state index in [1.807, 2.05) is 24.3 Å². The number of non-ortho nitro benzene ring substituents is 1. The maximum atomic E-state index is 10.7. The zero-order valence-electron chi connectivity index (χ0n) is 11.0. The molecule has 1 aliphatic rings. The number of nitro groups is 1. The van der Waals surface area contributed by atoms with Crippen molar-refractivity contribution in [3.05, 3.63) is 64.2 Å². The number of nitrogens with one attached hydrogen (secondary N) is 1. The maximum Gasteiger partial charge on any atom is 0.269 e. The van der Waals surface area contributed by atoms with Gasteiger partial charge in [0.2, 0.25) is 0 Å². The summed E-state index contributed by atoms with van der Waals surface area (Å²) in [7, 11) is 0. The molecule has 0 aromatic heterocycles. The molecule has 1 N–H and O–H groups in total. The minimum absolute atomic E-state index is 0.127. The molecule has 5 nitrogen and oxygen atoms in total. The van der Waals surface area contributed by atoms with Crippen LogP contribution in [-0.2, 0) is 6.54 Å². The summed E-state index contributed by atoms with van der Waals surface area (Å²) < 4.78 is 0. The van der Waals surface area contributed by atoms with Crippen molar-refractivity contribution in [1.29, 1.82) is 0 Å². The van der Waals surface area contributed by atoms with Crippen molar-refractivity contribution < 1.29 is 4.92 Å². The van der Waals surface area contributed by atoms with Crippen LogP contribution in [-0.4, -0.2) is 18.0 Å². The van der Waals surface area contributed by atoms with Gasteiger partial charge >= 0.3 is 0 Å². The molecule has 2 aromatic carbocycles. The van der Waals surface area contributed by atoms with Crippen molar-refractivity contribution in [2.45, 2.75) is 6.54 Å². The van der Waals surface area contributed by atoms with Gasteiger partial charge in [-0.2, -0.15) is 0 Å². The van der Waals surface area contributed by atoms with E-state index >= 15 is 0 Å². The van der Waals surface area contributed by atoms with E-state index in [2.05, 4.69) is 22.3 Å². The highest BCUT2D eigenvalue weighted by atomic mass is 16.6. The highest BCUT2D eigenvalue weighted by Crippen LogP contribution is 2.25. The molecule has 1 heterocycles. The van der Waals surface area contributed by atoms with Crippen LogP contribution in [0.2, 0.25) is 0 Å². The molecule has 0 saturated heterocycles. The number of hydrogen-bond donors (Lipinski definition) is 1. The predicted octanol–water partition coefficient (Wildman–Crippen LogP) is 3.03. The van der Waals surface area contributed by atoms with Crippen molar-refractivity contribution in [2.24, 2.45) is 0 Å². The lowest BCUT2D eigenvalue weighted by Gasteiger charge is -2.22. The van der Waals surface area contributed by atoms with Gasteiger partial charge in [-0.15, -0.1) is 0 Å². The van der Waals surface area contributed by atoms with Crippen LogP contribution >= 0.6 is 0 Å². The first kappa shape index (κ1) is 12.5. The van der Waals surface area contributed by atoms with Gasteiger partial charge < -0.3 is 10.2 Å². The molecule has 20 heavy (non-hydrogen) atoms. The summed E-state index contributed by atoms with van der Waals surface area (Å²) in [6, 6.07) is 15.0. The fourth-order valence-electron chi connectivity index (χ4n) is 2.45. The molecular formula is C15H15N3O2. The highest BCUT2D eigenvalue weighted by Gasteiger charge is 2.14. The molecule has 0 amide bonds. The Bertz CT molecular complexity index is 625. The molecule has 102 valence electrons. The number of hydrogen-bond acceptors (Lipinski definition) is 4. The van der Waals surface area contributed by atoms with E-state index < -0.39 is 0 Å². The topological polar surface area (TPSA) is 58.4 Å². The van der Waals surface area contributed by atoms with Gasteiger partial charge in [0.05, 0.1) is 4.92 Å². The second kappa shape index (κ2) is 5.21. The van der Waals surface area contributed by atoms with Crippen LogP contribution in [0.4, 0.5) is 17.1 Å². The van der Waals surface area contributed by atoms with Crippen LogP contribution in [0.3, 0.4) is 0 Å². The molecule has 0 radical (unpaired) electrons. The third-order valence-electron chi connectivity index (χ3n) is 3.50. The van der Waals surface area contributed by atoms with Crippen LogP contribution in [0.5, 0.6) is 0 Å². The van der Waals surface area contributed by atoms with Gasteiger partial charge in [0.25, 0.3) is 5.69 Å². The van der Waals surface area contributed by atoms with E-state index in [0.717, 1.165) is 31.0 Å². The van der Waals surface area contributed by atoms with Gasteiger partial charge in [0.1, 0.15) is 0 Å². The summed E-state index contributed by atoms with van der Waals surface area (Å²) in [5.74, 6) is 0. The Balaban J connectivity index is 1.85. The van der Waals surface area contributed by atoms with Gasteiger partial charge in [0, 0.05) is 43.1 Å². The van der Waals surface area contributed by atoms with Crippen molar-refractivity contribution >= 4 is 17.1 Å². The largest absolute Gasteiger partial charge is 0.383 e. The molecule has 1 aliphatic heterocycles. The van der Waals surface area contributed by atoms with Gasteiger partial charge in [-0.25, -0.2) is 0 Å². The summed E-state index contributed by atoms with van der Waals surface area (Å²) >= 11 is 0. The van der Waals surface area contributed by atoms with Crippen LogP contribution in [0, 0.1) is 10.1 Å². The Hall–Kier alpha value is -2.56. The first-order valence-electron chi connectivity index (χ1n) is 6.55. The normalized spacial score (nSPS) is 14.1. The average molecular weight is 269 g/mol. The van der Waals surface area contributed by atoms with E-state index in [4.69, 9.17) is 0 Å². The summed E-state index contributed by atoms with van der Waals surface area (Å²) in [6.45, 7) is 2.53. The molecular weight excluding hydrogens is 254 g/mol. The average Bonchev–Trinajstić information content (AvgIpc) is 2.69. The number of benzene rings is 2. The smallest absolute Gasteiger partial charge is 0.269 e. The van der Waals surface area contributed by atoms with Gasteiger partial charge in [-0.05, 0) is 23.8 Å². The fraction of sp³-hybridized carbons (Fsp3) is 0.200. The minimum atomic E-state index is -0.372. The van der Waals surface area contributed by atoms with E-state index in [9.17, 15) is 10.1 Å². The maximum absolute atomic E-state index is 10.7. The first-order chi connectivity index (χ1) is 9.74. The quantitative estimate of drug-likeness (QED) is 0.672. The number of rotatable bonds is 2. The molecule has 5 heteroatoms. The third-order valence-corrected chi connectivity index (χ3v) is 3.50. The molecule has 2 aromatic rings. The van der Waals surface area contributed by atoms with Crippen molar-refractivity contribution in [2.75, 3.05) is 23.3 Å². The SMILES string of the molecule is O=[N+]([O-])c1ccc(N2CCNc3ccccc3C2)cc1. The Morgan fingerprint density at radius 1 is 1.10 bits per heavy atom. The number of fused-ring (bicyclic) bond motifs is 1. The Morgan fingerprint density at radius 2 is 1.85 bits per heavy atom. The lowest BCUT2D eigenvalue weighted by Crippen LogP contribution is -2.25. The summed E-state index contributed by atoms with van der Waals surface area (Å²) in [4.78, 5) is 12.5. The van der Waals surface area contributed by atoms with Crippen LogP contribution in [0.15, 0.2) is 48.5 Å². The predicted molar refractivity (Wildman–Crippen MR) is 79.1 cm³/mol. The molecule has 0 saturated carbocycles. The van der Waals surface area contributed by atoms with Crippen LogP contribution < -0.4 is 10.2 Å². The minimum Gasteiger partial charge on any atom is -0.383 e. The van der Waals surface area contributed by atoms with E-state index in [-0.39, 0.29) is 10.6 Å². The van der Waals surface area contributed by atoms with Gasteiger partial charge in [-0.3, -0.25) is 10.1 Å². The molecule has 0 fully saturated rings. The molecule has 0 atom stereocenters. The van der Waals surface area contributed by atoms with E-state index in [0.29, 0.717) is 0 Å². The molecule has 3 rings (SSSR count). The standard InChI is InChI=1S/C15H15N3O2/c19-18(20)14-7-5-13(6-8-14)17-10-9-16-15-4-2-1-3-12(15)11-17/h1-8,16H,9-11H2. The Morgan fingerprint density at radius 3 is 2.60 bits per heavy atom. The second-order valence-corrected chi connectivity index (χ2v) is 4.78. The lowest BCUT2D eigenvalue weighted by molar-refractivity contribution is -0.384. The van der Waals surface area contributed by atoms with Crippen LogP contribution in [0.1, 0.15) is 5.56 Å². The molecule has 0 unspecified atom stereocenters. The van der Waals surface area contributed by atoms with Crippen molar-refractivity contribution in [3.8, 4) is 0 Å². The van der Waals surface area contributed by atoms with Crippen molar-refractivity contribution in [3.63, 3.8) is 0 Å². The highest BCUT2D eigenvalue weighted by molar-refractivity contribution is 5.57. The Labute approximate surface area is 117 Å². The second-order valence-electron chi connectivity index (χ2n) is 4.78. The molecule has 0 aliphatic carbocycles. The zero-order chi connectivity index (χ0) is 13.9. The summed E-state index contributed by atoms with van der Waals surface area (Å²) in [5, 5.41) is 14.1. The number of anilines is 2. The van der Waals surface area contributed by atoms with Gasteiger partial charge in [0.15, 0.2) is 0 Å². The third kappa shape index (κ3) is 2.42. The molecule has 0 bridgehead atoms. The first-order valence-corrected chi connectivity index (χ1v) is 6.55. The lowest BCUT2D eigenvalue weighted by atomic mass is 10.1. The van der Waals surface area contributed by atoms with Crippen molar-refractivity contribution in [1.82, 2.24) is 0 Å². The number of para-hydroxylation sites is 1. The van der Waals surface area contributed by atoms with Gasteiger partial charge in [-0.1, -0.05) is 18.2 Å². The summed E-state index contributed by atoms with van der Waals surface area (Å²) in [5.41, 5.74) is 3.54. The molecule has 0 spiro atoms. The summed E-state index contributed by atoms with van der Waals surface area (Å²) in [6.07, 6.45) is 0. The Kier molecular flexibility index (Phi) is 3.25. The zero-order valence-corrected chi connectivity index (χ0v) is 11.0. The monoisotopic (exact) mass is 269 g/mol. The van der Waals surface area contributed by atoms with Crippen LogP contribution in [0.25, 0.3) is 0 Å². The van der Waals surface area contributed by atoms with E-state index in [1.54, 1.807) is 12.1 Å². The fourth-order valence-corrected chi connectivity index (χ4v) is 2.45. The number of nitrogens with zero attached hydrogens (tertiary/aromatic N) is 2. The number of nitro benzene ring substituents is 1. The van der Waals surface area contributed by atoms with E-state index in [1.165, 1.54) is 5.56 Å².